The molecular weight excluding hydrogens is 288 g/mol. The van der Waals surface area contributed by atoms with Gasteiger partial charge in [0.25, 0.3) is 10.1 Å². The van der Waals surface area contributed by atoms with Gasteiger partial charge in [0.1, 0.15) is 0 Å². The highest BCUT2D eigenvalue weighted by molar-refractivity contribution is 7.88. The lowest BCUT2D eigenvalue weighted by atomic mass is 10.0. The first-order valence-electron chi connectivity index (χ1n) is 6.27. The van der Waals surface area contributed by atoms with E-state index >= 15 is 0 Å². The Balaban J connectivity index is 5.08. The summed E-state index contributed by atoms with van der Waals surface area (Å²) < 4.78 is 28.7. The molecule has 0 saturated heterocycles. The smallest absolute Gasteiger partial charge is 0.332 e. The van der Waals surface area contributed by atoms with Gasteiger partial charge in [0, 0.05) is 0 Å². The second kappa shape index (κ2) is 8.01. The Labute approximate surface area is 118 Å². The topological polar surface area (TPSA) is 129 Å². The molecule has 0 aromatic heterocycles. The monoisotopic (exact) mass is 308 g/mol. The van der Waals surface area contributed by atoms with Gasteiger partial charge < -0.3 is 10.2 Å². The van der Waals surface area contributed by atoms with Crippen molar-refractivity contribution in [3.05, 3.63) is 12.2 Å². The lowest BCUT2D eigenvalue weighted by molar-refractivity contribution is -0.145. The Bertz CT molecular complexity index is 466. The number of carboxylic acid groups (broad SMARTS) is 2. The molecule has 0 saturated carbocycles. The predicted molar refractivity (Wildman–Crippen MR) is 72.1 cm³/mol. The molecule has 0 fully saturated rings. The number of carboxylic acids is 2. The first-order chi connectivity index (χ1) is 9.17. The molecule has 0 aliphatic heterocycles. The summed E-state index contributed by atoms with van der Waals surface area (Å²) in [6.45, 7) is 2.02. The predicted octanol–water partition coefficient (Wildman–Crippen LogP) is 1.70. The highest BCUT2D eigenvalue weighted by Crippen LogP contribution is 2.24. The number of hydrogen-bond donors (Lipinski definition) is 3. The van der Waals surface area contributed by atoms with Crippen molar-refractivity contribution in [3.63, 3.8) is 0 Å². The summed E-state index contributed by atoms with van der Waals surface area (Å²) in [4.78, 5) is 21.8. The molecule has 0 rings (SSSR count). The Kier molecular flexibility index (Phi) is 7.44. The third-order valence-corrected chi connectivity index (χ3v) is 4.22. The number of hydrogen-bond acceptors (Lipinski definition) is 4. The first kappa shape index (κ1) is 18.6. The van der Waals surface area contributed by atoms with Gasteiger partial charge in [0.05, 0.1) is 6.42 Å². The third kappa shape index (κ3) is 5.30. The van der Waals surface area contributed by atoms with Crippen LogP contribution >= 0.6 is 0 Å². The van der Waals surface area contributed by atoms with Gasteiger partial charge in [-0.2, -0.15) is 8.42 Å². The van der Waals surface area contributed by atoms with Crippen LogP contribution in [0.5, 0.6) is 0 Å². The molecule has 7 nitrogen and oxygen atoms in total. The quantitative estimate of drug-likeness (QED) is 0.318. The van der Waals surface area contributed by atoms with E-state index in [2.05, 4.69) is 0 Å². The van der Waals surface area contributed by atoms with Crippen molar-refractivity contribution in [1.82, 2.24) is 0 Å². The van der Waals surface area contributed by atoms with Crippen molar-refractivity contribution in [2.45, 2.75) is 50.2 Å². The van der Waals surface area contributed by atoms with Crippen LogP contribution in [-0.4, -0.2) is 39.9 Å². The average molecular weight is 308 g/mol. The van der Waals surface area contributed by atoms with Gasteiger partial charge in [-0.1, -0.05) is 38.3 Å². The molecule has 0 bridgehead atoms. The molecule has 0 aromatic rings. The Morgan fingerprint density at radius 1 is 1.15 bits per heavy atom. The van der Waals surface area contributed by atoms with E-state index in [1.165, 1.54) is 6.08 Å². The van der Waals surface area contributed by atoms with E-state index in [0.717, 1.165) is 31.8 Å². The molecule has 116 valence electrons. The Morgan fingerprint density at radius 2 is 1.75 bits per heavy atom. The van der Waals surface area contributed by atoms with Crippen molar-refractivity contribution in [3.8, 4) is 0 Å². The molecular formula is C12H20O7S. The van der Waals surface area contributed by atoms with Crippen LogP contribution in [-0.2, 0) is 19.7 Å². The summed E-state index contributed by atoms with van der Waals surface area (Å²) in [6.07, 6.45) is 4.91. The minimum atomic E-state index is -5.09. The van der Waals surface area contributed by atoms with E-state index in [1.807, 2.05) is 6.92 Å². The fourth-order valence-corrected chi connectivity index (χ4v) is 2.48. The minimum Gasteiger partial charge on any atom is -0.481 e. The summed E-state index contributed by atoms with van der Waals surface area (Å²) in [7, 11) is -5.09. The zero-order valence-corrected chi connectivity index (χ0v) is 12.1. The van der Waals surface area contributed by atoms with Crippen LogP contribution in [0.15, 0.2) is 12.2 Å². The maximum atomic E-state index is 11.3. The van der Waals surface area contributed by atoms with E-state index in [9.17, 15) is 18.0 Å². The van der Waals surface area contributed by atoms with Crippen LogP contribution < -0.4 is 0 Å². The van der Waals surface area contributed by atoms with Gasteiger partial charge in [0.15, 0.2) is 0 Å². The molecule has 0 aliphatic rings. The number of aliphatic carboxylic acids is 2. The summed E-state index contributed by atoms with van der Waals surface area (Å²) in [5.74, 6) is -3.53. The van der Waals surface area contributed by atoms with Crippen molar-refractivity contribution in [2.75, 3.05) is 0 Å². The molecule has 8 heteroatoms. The van der Waals surface area contributed by atoms with Crippen molar-refractivity contribution < 1.29 is 32.8 Å². The minimum absolute atomic E-state index is 0.421. The van der Waals surface area contributed by atoms with E-state index < -0.39 is 33.2 Å². The van der Waals surface area contributed by atoms with E-state index in [-0.39, 0.29) is 0 Å². The second-order valence-electron chi connectivity index (χ2n) is 4.49. The summed E-state index contributed by atoms with van der Waals surface area (Å²) in [6, 6.07) is 0. The van der Waals surface area contributed by atoms with E-state index in [4.69, 9.17) is 14.8 Å². The van der Waals surface area contributed by atoms with Gasteiger partial charge >= 0.3 is 11.9 Å². The average Bonchev–Trinajstić information content (AvgIpc) is 2.29. The van der Waals surface area contributed by atoms with E-state index in [0.29, 0.717) is 6.42 Å². The van der Waals surface area contributed by atoms with E-state index in [1.54, 1.807) is 0 Å². The normalized spacial score (nSPS) is 15.1. The van der Waals surface area contributed by atoms with Gasteiger partial charge in [-0.25, -0.2) is 0 Å². The first-order valence-corrected chi connectivity index (χ1v) is 7.71. The standard InChI is InChI=1S/C12H20O7S/c1-2-3-4-5-6-7-8-12(11(15)16,9-10(13)14)20(17,18)19/h7-8H,2-6,9H2,1H3,(H,13,14)(H,15,16)(H,17,18,19)/b8-7+. The maximum absolute atomic E-state index is 11.3. The zero-order chi connectivity index (χ0) is 15.8. The van der Waals surface area contributed by atoms with Gasteiger partial charge in [0.2, 0.25) is 4.75 Å². The summed E-state index contributed by atoms with van der Waals surface area (Å²) >= 11 is 0. The van der Waals surface area contributed by atoms with Crippen LogP contribution in [0.3, 0.4) is 0 Å². The fourth-order valence-electron chi connectivity index (χ4n) is 1.68. The van der Waals surface area contributed by atoms with Gasteiger partial charge in [-0.15, -0.1) is 0 Å². The fraction of sp³-hybridized carbons (Fsp3) is 0.667. The molecule has 0 aromatic carbocycles. The highest BCUT2D eigenvalue weighted by Gasteiger charge is 2.50. The molecule has 3 N–H and O–H groups in total. The zero-order valence-electron chi connectivity index (χ0n) is 11.3. The van der Waals surface area contributed by atoms with Crippen LogP contribution in [0.1, 0.15) is 45.4 Å². The highest BCUT2D eigenvalue weighted by atomic mass is 32.2. The van der Waals surface area contributed by atoms with Crippen molar-refractivity contribution in [1.29, 1.82) is 0 Å². The second-order valence-corrected chi connectivity index (χ2v) is 6.17. The lowest BCUT2D eigenvalue weighted by Crippen LogP contribution is -2.46. The third-order valence-electron chi connectivity index (χ3n) is 2.85. The van der Waals surface area contributed by atoms with Crippen molar-refractivity contribution in [2.24, 2.45) is 0 Å². The molecule has 20 heavy (non-hydrogen) atoms. The van der Waals surface area contributed by atoms with Crippen LogP contribution in [0, 0.1) is 0 Å². The van der Waals surface area contributed by atoms with Gasteiger partial charge in [-0.3, -0.25) is 14.1 Å². The van der Waals surface area contributed by atoms with Crippen molar-refractivity contribution >= 4 is 22.1 Å². The molecule has 0 radical (unpaired) electrons. The molecule has 0 aliphatic carbocycles. The van der Waals surface area contributed by atoms with Crippen LogP contribution in [0.4, 0.5) is 0 Å². The summed E-state index contributed by atoms with van der Waals surface area (Å²) in [5, 5.41) is 17.7. The lowest BCUT2D eigenvalue weighted by Gasteiger charge is -2.20. The molecule has 1 atom stereocenters. The molecule has 0 spiro atoms. The number of rotatable bonds is 10. The Hall–Kier alpha value is -1.41. The number of allylic oxidation sites excluding steroid dienone is 1. The SMILES string of the molecule is CCCCCC/C=C/C(CC(=O)O)(C(=O)O)S(=O)(=O)O. The molecule has 1 unspecified atom stereocenters. The largest absolute Gasteiger partial charge is 0.481 e. The van der Waals surface area contributed by atoms with Gasteiger partial charge in [-0.05, 0) is 12.8 Å². The maximum Gasteiger partial charge on any atom is 0.332 e. The Morgan fingerprint density at radius 3 is 2.15 bits per heavy atom. The molecule has 0 heterocycles. The number of unbranched alkanes of at least 4 members (excludes halogenated alkanes) is 4. The molecule has 0 amide bonds. The van der Waals surface area contributed by atoms with Crippen LogP contribution in [0.25, 0.3) is 0 Å². The number of carbonyl (C=O) groups is 2. The van der Waals surface area contributed by atoms with Crippen LogP contribution in [0.2, 0.25) is 0 Å². The summed E-state index contributed by atoms with van der Waals surface area (Å²) in [5.41, 5.74) is 0.